The molecule has 0 saturated heterocycles. The van der Waals surface area contributed by atoms with Crippen LogP contribution in [0.5, 0.6) is 0 Å². The van der Waals surface area contributed by atoms with Gasteiger partial charge in [-0.15, -0.1) is 0 Å². The summed E-state index contributed by atoms with van der Waals surface area (Å²) in [4.78, 5) is 34.5. The van der Waals surface area contributed by atoms with E-state index in [0.29, 0.717) is 0 Å². The fourth-order valence-electron chi connectivity index (χ4n) is 2.37. The number of alkyl halides is 1. The molecule has 2 rings (SSSR count). The third-order valence-corrected chi connectivity index (χ3v) is 3.51. The van der Waals surface area contributed by atoms with Crippen molar-refractivity contribution in [3.63, 3.8) is 0 Å². The zero-order valence-corrected chi connectivity index (χ0v) is 11.8. The molecule has 1 heterocycles. The van der Waals surface area contributed by atoms with Crippen molar-refractivity contribution in [2.45, 2.75) is 32.4 Å². The molecule has 0 bridgehead atoms. The number of rotatable bonds is 5. The minimum atomic E-state index is -1.64. The van der Waals surface area contributed by atoms with Crippen LogP contribution in [0.2, 0.25) is 0 Å². The first-order valence-corrected chi connectivity index (χ1v) is 6.68. The maximum absolute atomic E-state index is 14.2. The Bertz CT molecular complexity index is 600. The van der Waals surface area contributed by atoms with Gasteiger partial charge >= 0.3 is 5.97 Å². The highest BCUT2D eigenvalue weighted by Crippen LogP contribution is 2.41. The molecule has 21 heavy (non-hydrogen) atoms. The molecule has 1 aromatic rings. The molecule has 1 aromatic heterocycles. The zero-order valence-electron chi connectivity index (χ0n) is 11.8. The number of H-pyrrole nitrogens is 1. The normalized spacial score (nSPS) is 24.2. The summed E-state index contributed by atoms with van der Waals surface area (Å²) in [5.41, 5.74) is -2.46. The molecule has 2 N–H and O–H groups in total. The Hall–Kier alpha value is -2.12. The molecule has 1 saturated carbocycles. The number of ether oxygens (including phenoxy) is 1. The third-order valence-electron chi connectivity index (χ3n) is 3.51. The minimum Gasteiger partial charge on any atom is -0.466 e. The molecule has 0 spiro atoms. The Morgan fingerprint density at radius 3 is 2.71 bits per heavy atom. The highest BCUT2D eigenvalue weighted by molar-refractivity contribution is 5.94. The van der Waals surface area contributed by atoms with E-state index in [1.54, 1.807) is 6.92 Å². The number of aryl methyl sites for hydroxylation is 1. The number of hydrogen-bond acceptors (Lipinski definition) is 5. The Balaban J connectivity index is 1.86. The van der Waals surface area contributed by atoms with Gasteiger partial charge in [-0.25, -0.2) is 4.39 Å². The fraction of sp³-hybridized carbons (Fsp3) is 0.615. The van der Waals surface area contributed by atoms with Gasteiger partial charge in [-0.3, -0.25) is 14.4 Å². The van der Waals surface area contributed by atoms with Gasteiger partial charge in [-0.2, -0.15) is 5.16 Å². The van der Waals surface area contributed by atoms with Crippen LogP contribution in [0.1, 0.15) is 35.9 Å². The molecule has 1 amide bonds. The van der Waals surface area contributed by atoms with Crippen molar-refractivity contribution < 1.29 is 23.2 Å². The van der Waals surface area contributed by atoms with Gasteiger partial charge in [0.25, 0.3) is 11.5 Å². The van der Waals surface area contributed by atoms with Crippen LogP contribution in [-0.4, -0.2) is 35.9 Å². The van der Waals surface area contributed by atoms with E-state index in [9.17, 15) is 18.8 Å². The molecule has 0 unspecified atom stereocenters. The Labute approximate surface area is 119 Å². The van der Waals surface area contributed by atoms with E-state index >= 15 is 0 Å². The largest absolute Gasteiger partial charge is 0.466 e. The van der Waals surface area contributed by atoms with E-state index in [0.717, 1.165) is 0 Å². The van der Waals surface area contributed by atoms with E-state index < -0.39 is 29.0 Å². The summed E-state index contributed by atoms with van der Waals surface area (Å²) in [5.74, 6) is -1.44. The minimum absolute atomic E-state index is 0.00679. The van der Waals surface area contributed by atoms with Crippen molar-refractivity contribution in [1.82, 2.24) is 10.5 Å². The SMILES string of the molecule is CCOC(=O)C1CC(F)(CNC(=O)c2c(C)o[nH]c2=O)C1. The van der Waals surface area contributed by atoms with Gasteiger partial charge in [0.1, 0.15) is 17.0 Å². The van der Waals surface area contributed by atoms with Crippen LogP contribution in [0, 0.1) is 12.8 Å². The number of hydrogen-bond donors (Lipinski definition) is 2. The topological polar surface area (TPSA) is 101 Å². The molecule has 1 aliphatic rings. The van der Waals surface area contributed by atoms with Crippen molar-refractivity contribution in [3.05, 3.63) is 21.7 Å². The Morgan fingerprint density at radius 2 is 2.19 bits per heavy atom. The van der Waals surface area contributed by atoms with Crippen LogP contribution in [0.3, 0.4) is 0 Å². The van der Waals surface area contributed by atoms with Crippen molar-refractivity contribution in [2.24, 2.45) is 5.92 Å². The summed E-state index contributed by atoms with van der Waals surface area (Å²) in [6, 6.07) is 0. The molecule has 0 aliphatic heterocycles. The number of nitrogens with one attached hydrogen (secondary N) is 2. The number of esters is 1. The molecule has 7 nitrogen and oxygen atoms in total. The van der Waals surface area contributed by atoms with Crippen LogP contribution < -0.4 is 10.9 Å². The van der Waals surface area contributed by atoms with Gasteiger partial charge in [0.15, 0.2) is 0 Å². The lowest BCUT2D eigenvalue weighted by molar-refractivity contribution is -0.157. The van der Waals surface area contributed by atoms with Crippen LogP contribution in [0.15, 0.2) is 9.32 Å². The summed E-state index contributed by atoms with van der Waals surface area (Å²) in [5, 5.41) is 4.39. The molecule has 8 heteroatoms. The van der Waals surface area contributed by atoms with E-state index in [1.807, 2.05) is 5.16 Å². The van der Waals surface area contributed by atoms with Gasteiger partial charge < -0.3 is 14.6 Å². The lowest BCUT2D eigenvalue weighted by Crippen LogP contribution is -2.51. The van der Waals surface area contributed by atoms with Crippen molar-refractivity contribution in [1.29, 1.82) is 0 Å². The second kappa shape index (κ2) is 5.71. The van der Waals surface area contributed by atoms with Crippen LogP contribution >= 0.6 is 0 Å². The second-order valence-electron chi connectivity index (χ2n) is 5.16. The van der Waals surface area contributed by atoms with E-state index in [-0.39, 0.29) is 37.3 Å². The standard InChI is InChI=1S/C13H17FN2O5/c1-3-20-12(19)8-4-13(14,5-8)6-15-10(17)9-7(2)21-16-11(9)18/h8H,3-6H2,1-2H3,(H,15,17)(H,16,18). The van der Waals surface area contributed by atoms with Gasteiger partial charge in [0, 0.05) is 0 Å². The number of carbonyl (C=O) groups is 2. The van der Waals surface area contributed by atoms with Gasteiger partial charge in [-0.05, 0) is 26.7 Å². The van der Waals surface area contributed by atoms with Crippen LogP contribution in [-0.2, 0) is 9.53 Å². The van der Waals surface area contributed by atoms with Crippen molar-refractivity contribution >= 4 is 11.9 Å². The molecular formula is C13H17FN2O5. The molecule has 0 aromatic carbocycles. The smallest absolute Gasteiger partial charge is 0.309 e. The molecule has 0 radical (unpaired) electrons. The number of halogens is 1. The quantitative estimate of drug-likeness (QED) is 0.779. The molecule has 1 fully saturated rings. The van der Waals surface area contributed by atoms with Crippen molar-refractivity contribution in [2.75, 3.05) is 13.2 Å². The van der Waals surface area contributed by atoms with Crippen LogP contribution in [0.4, 0.5) is 4.39 Å². The summed E-state index contributed by atoms with van der Waals surface area (Å²) in [6.07, 6.45) is 0.0136. The number of amides is 1. The Kier molecular flexibility index (Phi) is 4.15. The predicted molar refractivity (Wildman–Crippen MR) is 69.6 cm³/mol. The number of aromatic amines is 1. The average molecular weight is 300 g/mol. The number of aromatic nitrogens is 1. The van der Waals surface area contributed by atoms with Gasteiger partial charge in [0.2, 0.25) is 0 Å². The maximum Gasteiger partial charge on any atom is 0.309 e. The van der Waals surface area contributed by atoms with E-state index in [1.165, 1.54) is 6.92 Å². The third kappa shape index (κ3) is 3.14. The lowest BCUT2D eigenvalue weighted by atomic mass is 9.72. The number of carbonyl (C=O) groups excluding carboxylic acids is 2. The highest BCUT2D eigenvalue weighted by atomic mass is 19.1. The van der Waals surface area contributed by atoms with Gasteiger partial charge in [0.05, 0.1) is 19.1 Å². The first-order valence-electron chi connectivity index (χ1n) is 6.68. The average Bonchev–Trinajstić information content (AvgIpc) is 2.72. The molecule has 116 valence electrons. The molecule has 1 aliphatic carbocycles. The van der Waals surface area contributed by atoms with E-state index in [2.05, 4.69) is 5.32 Å². The van der Waals surface area contributed by atoms with Crippen molar-refractivity contribution in [3.8, 4) is 0 Å². The molecule has 0 atom stereocenters. The van der Waals surface area contributed by atoms with E-state index in [4.69, 9.17) is 9.26 Å². The predicted octanol–water partition coefficient (Wildman–Crippen LogP) is 0.688. The maximum atomic E-state index is 14.2. The second-order valence-corrected chi connectivity index (χ2v) is 5.16. The summed E-state index contributed by atoms with van der Waals surface area (Å²) < 4.78 is 23.7. The zero-order chi connectivity index (χ0) is 15.6. The monoisotopic (exact) mass is 300 g/mol. The summed E-state index contributed by atoms with van der Waals surface area (Å²) in [7, 11) is 0. The Morgan fingerprint density at radius 1 is 1.52 bits per heavy atom. The van der Waals surface area contributed by atoms with Gasteiger partial charge in [-0.1, -0.05) is 0 Å². The lowest BCUT2D eigenvalue weighted by Gasteiger charge is -2.39. The fourth-order valence-corrected chi connectivity index (χ4v) is 2.37. The molecular weight excluding hydrogens is 283 g/mol. The first-order chi connectivity index (χ1) is 9.86. The van der Waals surface area contributed by atoms with Crippen LogP contribution in [0.25, 0.3) is 0 Å². The summed E-state index contributed by atoms with van der Waals surface area (Å²) in [6.45, 7) is 3.14. The summed E-state index contributed by atoms with van der Waals surface area (Å²) >= 11 is 0. The highest BCUT2D eigenvalue weighted by Gasteiger charge is 2.49. The first kappa shape index (κ1) is 15.3.